The lowest BCUT2D eigenvalue weighted by molar-refractivity contribution is -0.136. The van der Waals surface area contributed by atoms with Crippen LogP contribution in [0.1, 0.15) is 75.6 Å². The topological polar surface area (TPSA) is 45.2 Å². The van der Waals surface area contributed by atoms with Gasteiger partial charge in [0.15, 0.2) is 0 Å². The number of nitrogens with one attached hydrogen (secondary N) is 1. The Morgan fingerprint density at radius 2 is 1.96 bits per heavy atom. The number of pyridine rings is 1. The minimum absolute atomic E-state index is 0.0140. The molecule has 1 atom stereocenters. The third-order valence-electron chi connectivity index (χ3n) is 5.91. The molecule has 132 valence electrons. The molecule has 0 aromatic carbocycles. The van der Waals surface area contributed by atoms with Crippen LogP contribution in [0.2, 0.25) is 0 Å². The fourth-order valence-electron chi connectivity index (χ4n) is 4.49. The van der Waals surface area contributed by atoms with Gasteiger partial charge in [-0.05, 0) is 63.7 Å². The summed E-state index contributed by atoms with van der Waals surface area (Å²) in [7, 11) is 0. The number of rotatable bonds is 5. The van der Waals surface area contributed by atoms with Crippen LogP contribution in [0.15, 0.2) is 18.3 Å². The van der Waals surface area contributed by atoms with E-state index in [1.54, 1.807) is 0 Å². The fraction of sp³-hybridized carbons (Fsp3) is 0.700. The SMILES string of the molecule is CC[C@@H](NC(=O)C1(N2CCCC2)CCCCC1)c1ncccc1C. The number of aryl methyl sites for hydroxylation is 1. The number of hydrogen-bond donors (Lipinski definition) is 1. The molecule has 1 aliphatic carbocycles. The molecule has 0 unspecified atom stereocenters. The molecule has 4 heteroatoms. The van der Waals surface area contributed by atoms with E-state index in [2.05, 4.69) is 35.1 Å². The summed E-state index contributed by atoms with van der Waals surface area (Å²) in [6.07, 6.45) is 10.8. The zero-order valence-corrected chi connectivity index (χ0v) is 15.2. The summed E-state index contributed by atoms with van der Waals surface area (Å²) < 4.78 is 0. The fourth-order valence-corrected chi connectivity index (χ4v) is 4.49. The van der Waals surface area contributed by atoms with E-state index >= 15 is 0 Å². The maximum absolute atomic E-state index is 13.4. The molecule has 1 aromatic rings. The average molecular weight is 329 g/mol. The van der Waals surface area contributed by atoms with Crippen molar-refractivity contribution in [3.63, 3.8) is 0 Å². The molecule has 2 fully saturated rings. The maximum Gasteiger partial charge on any atom is 0.241 e. The number of carbonyl (C=O) groups is 1. The third kappa shape index (κ3) is 3.34. The summed E-state index contributed by atoms with van der Waals surface area (Å²) in [5.74, 6) is 0.237. The van der Waals surface area contributed by atoms with Crippen LogP contribution in [0, 0.1) is 6.92 Å². The van der Waals surface area contributed by atoms with Crippen LogP contribution in [0.5, 0.6) is 0 Å². The summed E-state index contributed by atoms with van der Waals surface area (Å²) in [4.78, 5) is 20.4. The van der Waals surface area contributed by atoms with Crippen molar-refractivity contribution in [2.75, 3.05) is 13.1 Å². The Balaban J connectivity index is 1.80. The highest BCUT2D eigenvalue weighted by Gasteiger charge is 2.45. The minimum Gasteiger partial charge on any atom is -0.346 e. The Labute approximate surface area is 146 Å². The second-order valence-corrected chi connectivity index (χ2v) is 7.43. The Morgan fingerprint density at radius 3 is 2.58 bits per heavy atom. The lowest BCUT2D eigenvalue weighted by Gasteiger charge is -2.44. The smallest absolute Gasteiger partial charge is 0.241 e. The first-order valence-corrected chi connectivity index (χ1v) is 9.65. The number of nitrogens with zero attached hydrogens (tertiary/aromatic N) is 2. The van der Waals surface area contributed by atoms with E-state index < -0.39 is 0 Å². The van der Waals surface area contributed by atoms with E-state index in [-0.39, 0.29) is 17.5 Å². The van der Waals surface area contributed by atoms with Crippen molar-refractivity contribution >= 4 is 5.91 Å². The minimum atomic E-state index is -0.273. The quantitative estimate of drug-likeness (QED) is 0.895. The molecular weight excluding hydrogens is 298 g/mol. The highest BCUT2D eigenvalue weighted by molar-refractivity contribution is 5.87. The van der Waals surface area contributed by atoms with Crippen molar-refractivity contribution in [3.8, 4) is 0 Å². The van der Waals surface area contributed by atoms with E-state index in [0.717, 1.165) is 43.6 Å². The van der Waals surface area contributed by atoms with E-state index in [0.29, 0.717) is 0 Å². The van der Waals surface area contributed by atoms with Gasteiger partial charge in [-0.2, -0.15) is 0 Å². The number of likely N-dealkylation sites (tertiary alicyclic amines) is 1. The van der Waals surface area contributed by atoms with E-state index in [1.807, 2.05) is 12.3 Å². The van der Waals surface area contributed by atoms with Gasteiger partial charge in [-0.15, -0.1) is 0 Å². The maximum atomic E-state index is 13.4. The van der Waals surface area contributed by atoms with Gasteiger partial charge in [0.1, 0.15) is 5.54 Å². The van der Waals surface area contributed by atoms with Crippen molar-refractivity contribution in [2.45, 2.75) is 76.8 Å². The number of hydrogen-bond acceptors (Lipinski definition) is 3. The zero-order valence-electron chi connectivity index (χ0n) is 15.2. The predicted octanol–water partition coefficient (Wildman–Crippen LogP) is 3.76. The van der Waals surface area contributed by atoms with Crippen LogP contribution in [0.4, 0.5) is 0 Å². The molecule has 1 N–H and O–H groups in total. The Morgan fingerprint density at radius 1 is 1.25 bits per heavy atom. The molecule has 1 saturated heterocycles. The van der Waals surface area contributed by atoms with Crippen molar-refractivity contribution in [1.82, 2.24) is 15.2 Å². The second-order valence-electron chi connectivity index (χ2n) is 7.43. The number of carbonyl (C=O) groups excluding carboxylic acids is 1. The Hall–Kier alpha value is -1.42. The molecule has 3 rings (SSSR count). The first-order chi connectivity index (χ1) is 11.7. The lowest BCUT2D eigenvalue weighted by atomic mass is 9.79. The molecular formula is C20H31N3O. The number of amides is 1. The molecule has 1 amide bonds. The van der Waals surface area contributed by atoms with Crippen LogP contribution >= 0.6 is 0 Å². The summed E-state index contributed by atoms with van der Waals surface area (Å²) in [6, 6.07) is 4.05. The van der Waals surface area contributed by atoms with Gasteiger partial charge in [-0.3, -0.25) is 14.7 Å². The molecule has 24 heavy (non-hydrogen) atoms. The van der Waals surface area contributed by atoms with Gasteiger partial charge >= 0.3 is 0 Å². The Bertz CT molecular complexity index is 560. The summed E-state index contributed by atoms with van der Waals surface area (Å²) >= 11 is 0. The van der Waals surface area contributed by atoms with Crippen molar-refractivity contribution in [3.05, 3.63) is 29.6 Å². The number of aromatic nitrogens is 1. The van der Waals surface area contributed by atoms with Crippen LogP contribution in [-0.2, 0) is 4.79 Å². The van der Waals surface area contributed by atoms with Gasteiger partial charge in [0, 0.05) is 6.20 Å². The van der Waals surface area contributed by atoms with Crippen molar-refractivity contribution < 1.29 is 4.79 Å². The van der Waals surface area contributed by atoms with E-state index in [4.69, 9.17) is 0 Å². The molecule has 2 aliphatic rings. The van der Waals surface area contributed by atoms with Crippen LogP contribution < -0.4 is 5.32 Å². The lowest BCUT2D eigenvalue weighted by Crippen LogP contribution is -2.59. The van der Waals surface area contributed by atoms with Gasteiger partial charge in [-0.1, -0.05) is 32.3 Å². The largest absolute Gasteiger partial charge is 0.346 e. The summed E-state index contributed by atoms with van der Waals surface area (Å²) in [6.45, 7) is 6.36. The molecule has 0 bridgehead atoms. The van der Waals surface area contributed by atoms with Gasteiger partial charge in [0.25, 0.3) is 0 Å². The van der Waals surface area contributed by atoms with Crippen LogP contribution in [0.25, 0.3) is 0 Å². The predicted molar refractivity (Wildman–Crippen MR) is 96.8 cm³/mol. The molecule has 2 heterocycles. The molecule has 1 aromatic heterocycles. The molecule has 4 nitrogen and oxygen atoms in total. The zero-order chi connectivity index (χ0) is 17.0. The molecule has 1 saturated carbocycles. The Kier molecular flexibility index (Phi) is 5.54. The summed E-state index contributed by atoms with van der Waals surface area (Å²) in [5.41, 5.74) is 1.90. The summed E-state index contributed by atoms with van der Waals surface area (Å²) in [5, 5.41) is 3.37. The first-order valence-electron chi connectivity index (χ1n) is 9.65. The monoisotopic (exact) mass is 329 g/mol. The standard InChI is InChI=1S/C20H31N3O/c1-3-17(18-16(2)10-9-13-21-18)22-19(24)20(11-5-4-6-12-20)23-14-7-8-15-23/h9-10,13,17H,3-8,11-12,14-15H2,1-2H3,(H,22,24)/t17-/m1/s1. The van der Waals surface area contributed by atoms with Crippen molar-refractivity contribution in [2.24, 2.45) is 0 Å². The van der Waals surface area contributed by atoms with Crippen molar-refractivity contribution in [1.29, 1.82) is 0 Å². The first kappa shape index (κ1) is 17.4. The van der Waals surface area contributed by atoms with E-state index in [1.165, 1.54) is 32.1 Å². The van der Waals surface area contributed by atoms with Crippen LogP contribution in [0.3, 0.4) is 0 Å². The second kappa shape index (κ2) is 7.64. The molecule has 1 aliphatic heterocycles. The molecule has 0 spiro atoms. The van der Waals surface area contributed by atoms with Gasteiger partial charge in [0.05, 0.1) is 11.7 Å². The van der Waals surface area contributed by atoms with Gasteiger partial charge < -0.3 is 5.32 Å². The van der Waals surface area contributed by atoms with Crippen LogP contribution in [-0.4, -0.2) is 34.4 Å². The average Bonchev–Trinajstić information content (AvgIpc) is 3.16. The third-order valence-corrected chi connectivity index (χ3v) is 5.91. The van der Waals surface area contributed by atoms with Gasteiger partial charge in [0.2, 0.25) is 5.91 Å². The molecule has 0 radical (unpaired) electrons. The van der Waals surface area contributed by atoms with E-state index in [9.17, 15) is 4.79 Å². The normalized spacial score (nSPS) is 22.2. The highest BCUT2D eigenvalue weighted by atomic mass is 16.2. The van der Waals surface area contributed by atoms with Gasteiger partial charge in [-0.25, -0.2) is 0 Å². The highest BCUT2D eigenvalue weighted by Crippen LogP contribution is 2.37.